The summed E-state index contributed by atoms with van der Waals surface area (Å²) in [5.41, 5.74) is 1.70. The molecule has 144 valence electrons. The van der Waals surface area contributed by atoms with Crippen molar-refractivity contribution in [3.05, 3.63) is 58.2 Å². The number of nitrogens with zero attached hydrogens (tertiary/aromatic N) is 1. The third kappa shape index (κ3) is 4.20. The largest absolute Gasteiger partial charge is 0.507 e. The van der Waals surface area contributed by atoms with Gasteiger partial charge in [-0.1, -0.05) is 18.2 Å². The monoisotopic (exact) mass is 471 g/mol. The summed E-state index contributed by atoms with van der Waals surface area (Å²) < 4.78 is 20.4. The van der Waals surface area contributed by atoms with Crippen molar-refractivity contribution in [2.75, 3.05) is 6.61 Å². The van der Waals surface area contributed by atoms with Gasteiger partial charge in [0.2, 0.25) is 0 Å². The highest BCUT2D eigenvalue weighted by Gasteiger charge is 2.25. The van der Waals surface area contributed by atoms with E-state index in [0.717, 1.165) is 5.52 Å². The van der Waals surface area contributed by atoms with Crippen LogP contribution >= 0.6 is 28.3 Å². The Labute approximate surface area is 174 Å². The van der Waals surface area contributed by atoms with E-state index in [2.05, 4.69) is 15.9 Å². The molecule has 0 amide bonds. The fraction of sp³-hybridized carbons (Fsp3) is 0.211. The number of benzene rings is 2. The molecule has 0 saturated carbocycles. The maximum absolute atomic E-state index is 12.8. The molecule has 1 atom stereocenters. The first-order chi connectivity index (χ1) is 12.4. The van der Waals surface area contributed by atoms with Crippen molar-refractivity contribution in [1.82, 2.24) is 4.57 Å². The number of ether oxygens (including phenoxy) is 1. The smallest absolute Gasteiger partial charge is 0.340 e. The Morgan fingerprint density at radius 3 is 2.56 bits per heavy atom. The van der Waals surface area contributed by atoms with Crippen LogP contribution in [0.1, 0.15) is 23.0 Å². The molecule has 0 radical (unpaired) electrons. The van der Waals surface area contributed by atoms with E-state index in [-0.39, 0.29) is 30.5 Å². The first-order valence-electron chi connectivity index (χ1n) is 8.04. The number of esters is 1. The summed E-state index contributed by atoms with van der Waals surface area (Å²) in [5, 5.41) is 10.6. The van der Waals surface area contributed by atoms with Crippen molar-refractivity contribution in [3.63, 3.8) is 0 Å². The standard InChI is InChI=1S/C19H18BrNO4S.ClH/c1-3-25-19(23)18-13-9-17(22)14(20)10-15(13)21(2)16(18)11-26(24)12-7-5-4-6-8-12;/h4-10,22H,3,11H2,1-2H3;1H. The van der Waals surface area contributed by atoms with E-state index in [1.165, 1.54) is 6.07 Å². The van der Waals surface area contributed by atoms with Gasteiger partial charge in [-0.25, -0.2) is 4.79 Å². The van der Waals surface area contributed by atoms with Crippen LogP contribution in [0, 0.1) is 0 Å². The zero-order chi connectivity index (χ0) is 18.8. The predicted molar refractivity (Wildman–Crippen MR) is 112 cm³/mol. The molecule has 3 rings (SSSR count). The first kappa shape index (κ1) is 21.5. The van der Waals surface area contributed by atoms with Crippen LogP contribution in [0.5, 0.6) is 5.75 Å². The summed E-state index contributed by atoms with van der Waals surface area (Å²) in [6.45, 7) is 1.97. The average Bonchev–Trinajstić information content (AvgIpc) is 2.88. The van der Waals surface area contributed by atoms with Gasteiger partial charge in [0.25, 0.3) is 0 Å². The number of aromatic nitrogens is 1. The van der Waals surface area contributed by atoms with E-state index in [1.54, 1.807) is 25.1 Å². The Morgan fingerprint density at radius 1 is 1.26 bits per heavy atom. The van der Waals surface area contributed by atoms with Crippen molar-refractivity contribution >= 4 is 56.0 Å². The molecule has 1 N–H and O–H groups in total. The van der Waals surface area contributed by atoms with E-state index >= 15 is 0 Å². The second-order valence-electron chi connectivity index (χ2n) is 5.72. The minimum Gasteiger partial charge on any atom is -0.507 e. The second kappa shape index (κ2) is 8.91. The lowest BCUT2D eigenvalue weighted by molar-refractivity contribution is 0.0527. The van der Waals surface area contributed by atoms with Crippen LogP contribution in [0.3, 0.4) is 0 Å². The number of phenolic OH excluding ortho intramolecular Hbond substituents is 1. The number of rotatable bonds is 5. The van der Waals surface area contributed by atoms with Crippen molar-refractivity contribution in [2.24, 2.45) is 7.05 Å². The molecule has 3 aromatic rings. The molecule has 0 aliphatic heterocycles. The summed E-state index contributed by atoms with van der Waals surface area (Å²) in [6.07, 6.45) is 0. The molecule has 5 nitrogen and oxygen atoms in total. The number of aromatic hydroxyl groups is 1. The molecule has 1 unspecified atom stereocenters. The molecule has 0 aliphatic carbocycles. The van der Waals surface area contributed by atoms with Crippen LogP contribution < -0.4 is 0 Å². The second-order valence-corrected chi connectivity index (χ2v) is 8.03. The van der Waals surface area contributed by atoms with Gasteiger partial charge < -0.3 is 14.4 Å². The van der Waals surface area contributed by atoms with Gasteiger partial charge in [0.1, 0.15) is 5.75 Å². The zero-order valence-corrected chi connectivity index (χ0v) is 18.0. The van der Waals surface area contributed by atoms with Crippen molar-refractivity contribution < 1.29 is 18.8 Å². The third-order valence-electron chi connectivity index (χ3n) is 4.14. The molecule has 0 spiro atoms. The molecular weight excluding hydrogens is 454 g/mol. The van der Waals surface area contributed by atoms with E-state index in [1.807, 2.05) is 29.8 Å². The number of hydrogen-bond acceptors (Lipinski definition) is 4. The number of carbonyl (C=O) groups is 1. The number of hydrogen-bond donors (Lipinski definition) is 1. The minimum atomic E-state index is -1.32. The highest BCUT2D eigenvalue weighted by atomic mass is 79.9. The maximum Gasteiger partial charge on any atom is 0.340 e. The van der Waals surface area contributed by atoms with Gasteiger partial charge in [0.05, 0.1) is 38.7 Å². The Morgan fingerprint density at radius 2 is 1.93 bits per heavy atom. The molecule has 0 fully saturated rings. The van der Waals surface area contributed by atoms with Gasteiger partial charge in [0.15, 0.2) is 0 Å². The number of halogens is 2. The molecule has 1 heterocycles. The Kier molecular flexibility index (Phi) is 7.08. The van der Waals surface area contributed by atoms with Gasteiger partial charge in [-0.15, -0.1) is 12.4 Å². The molecule has 27 heavy (non-hydrogen) atoms. The summed E-state index contributed by atoms with van der Waals surface area (Å²) >= 11 is 3.30. The summed E-state index contributed by atoms with van der Waals surface area (Å²) in [4.78, 5) is 13.3. The number of carbonyl (C=O) groups excluding carboxylic acids is 1. The number of fused-ring (bicyclic) bond motifs is 1. The topological polar surface area (TPSA) is 68.5 Å². The van der Waals surface area contributed by atoms with Crippen LogP contribution in [0.2, 0.25) is 0 Å². The van der Waals surface area contributed by atoms with E-state index in [0.29, 0.717) is 26.0 Å². The average molecular weight is 473 g/mol. The fourth-order valence-electron chi connectivity index (χ4n) is 2.88. The molecule has 8 heteroatoms. The lowest BCUT2D eigenvalue weighted by Crippen LogP contribution is -2.11. The van der Waals surface area contributed by atoms with Crippen molar-refractivity contribution in [1.29, 1.82) is 0 Å². The highest BCUT2D eigenvalue weighted by molar-refractivity contribution is 9.10. The van der Waals surface area contributed by atoms with Crippen LogP contribution in [-0.4, -0.2) is 26.5 Å². The summed E-state index contributed by atoms with van der Waals surface area (Å²) in [5.74, 6) is -0.286. The van der Waals surface area contributed by atoms with Crippen LogP contribution in [-0.2, 0) is 28.3 Å². The summed E-state index contributed by atoms with van der Waals surface area (Å²) in [6, 6.07) is 12.4. The lowest BCUT2D eigenvalue weighted by Gasteiger charge is -2.08. The Hall–Kier alpha value is -1.83. The minimum absolute atomic E-state index is 0. The molecular formula is C19H19BrClNO4S. The molecule has 1 aromatic heterocycles. The van der Waals surface area contributed by atoms with Gasteiger partial charge >= 0.3 is 5.97 Å². The van der Waals surface area contributed by atoms with Crippen LogP contribution in [0.25, 0.3) is 10.9 Å². The molecule has 0 saturated heterocycles. The van der Waals surface area contributed by atoms with Crippen molar-refractivity contribution in [2.45, 2.75) is 17.6 Å². The number of aryl methyl sites for hydroxylation is 1. The molecule has 2 aromatic carbocycles. The quantitative estimate of drug-likeness (QED) is 0.553. The normalized spacial score (nSPS) is 11.8. The van der Waals surface area contributed by atoms with E-state index in [9.17, 15) is 14.1 Å². The van der Waals surface area contributed by atoms with Gasteiger partial charge in [-0.05, 0) is 47.1 Å². The predicted octanol–water partition coefficient (Wildman–Crippen LogP) is 4.55. The van der Waals surface area contributed by atoms with Crippen LogP contribution in [0.4, 0.5) is 0 Å². The maximum atomic E-state index is 12.8. The van der Waals surface area contributed by atoms with Gasteiger partial charge in [0, 0.05) is 23.0 Å². The van der Waals surface area contributed by atoms with Gasteiger partial charge in [-0.3, -0.25) is 4.21 Å². The molecule has 0 bridgehead atoms. The summed E-state index contributed by atoms with van der Waals surface area (Å²) in [7, 11) is 0.496. The Bertz CT molecular complexity index is 1000. The van der Waals surface area contributed by atoms with E-state index in [4.69, 9.17) is 4.74 Å². The van der Waals surface area contributed by atoms with Crippen molar-refractivity contribution in [3.8, 4) is 5.75 Å². The van der Waals surface area contributed by atoms with Gasteiger partial charge in [-0.2, -0.15) is 0 Å². The highest BCUT2D eigenvalue weighted by Crippen LogP contribution is 2.35. The SMILES string of the molecule is CCOC(=O)c1c(CS(=O)c2ccccc2)n(C)c2cc(Br)c(O)cc12.Cl. The third-order valence-corrected chi connectivity index (χ3v) is 6.11. The lowest BCUT2D eigenvalue weighted by atomic mass is 10.1. The zero-order valence-electron chi connectivity index (χ0n) is 14.8. The number of phenols is 1. The first-order valence-corrected chi connectivity index (χ1v) is 10.2. The fourth-order valence-corrected chi connectivity index (χ4v) is 4.42. The van der Waals surface area contributed by atoms with Crippen LogP contribution in [0.15, 0.2) is 51.8 Å². The molecule has 0 aliphatic rings. The van der Waals surface area contributed by atoms with E-state index < -0.39 is 16.8 Å². The Balaban J connectivity index is 0.00000261.